The predicted molar refractivity (Wildman–Crippen MR) is 84.3 cm³/mol. The minimum Gasteiger partial charge on any atom is -0.481 e. The highest BCUT2D eigenvalue weighted by Crippen LogP contribution is 2.36. The van der Waals surface area contributed by atoms with Crippen molar-refractivity contribution in [1.82, 2.24) is 5.32 Å². The third-order valence-electron chi connectivity index (χ3n) is 4.37. The first-order chi connectivity index (χ1) is 9.84. The number of halogens is 1. The lowest BCUT2D eigenvalue weighted by Crippen LogP contribution is -2.52. The summed E-state index contributed by atoms with van der Waals surface area (Å²) in [6.45, 7) is 3.68. The Balaban J connectivity index is 2.19. The zero-order valence-electron chi connectivity index (χ0n) is 12.3. The molecule has 1 saturated carbocycles. The van der Waals surface area contributed by atoms with Gasteiger partial charge in [-0.15, -0.1) is 0 Å². The minimum absolute atomic E-state index is 0.221. The Morgan fingerprint density at radius 1 is 1.38 bits per heavy atom. The molecule has 1 fully saturated rings. The number of aryl methyl sites for hydroxylation is 1. The lowest BCUT2D eigenvalue weighted by Gasteiger charge is -2.38. The van der Waals surface area contributed by atoms with Crippen LogP contribution >= 0.6 is 15.9 Å². The van der Waals surface area contributed by atoms with E-state index in [4.69, 9.17) is 0 Å². The van der Waals surface area contributed by atoms with Gasteiger partial charge in [0.1, 0.15) is 0 Å². The maximum atomic E-state index is 12.4. The van der Waals surface area contributed by atoms with Gasteiger partial charge < -0.3 is 10.4 Å². The van der Waals surface area contributed by atoms with Crippen LogP contribution in [0.5, 0.6) is 0 Å². The van der Waals surface area contributed by atoms with Gasteiger partial charge in [-0.1, -0.05) is 18.9 Å². The van der Waals surface area contributed by atoms with E-state index in [0.717, 1.165) is 22.9 Å². The summed E-state index contributed by atoms with van der Waals surface area (Å²) in [5, 5.41) is 12.4. The van der Waals surface area contributed by atoms with Gasteiger partial charge in [0.15, 0.2) is 0 Å². The van der Waals surface area contributed by atoms with E-state index in [0.29, 0.717) is 18.4 Å². The van der Waals surface area contributed by atoms with Gasteiger partial charge in [-0.2, -0.15) is 0 Å². The summed E-state index contributed by atoms with van der Waals surface area (Å²) in [4.78, 5) is 24.0. The molecule has 1 aliphatic rings. The van der Waals surface area contributed by atoms with Crippen molar-refractivity contribution in [2.24, 2.45) is 5.41 Å². The number of carboxylic acids is 1. The summed E-state index contributed by atoms with van der Waals surface area (Å²) >= 11 is 3.39. The van der Waals surface area contributed by atoms with Crippen LogP contribution in [0.2, 0.25) is 0 Å². The second kappa shape index (κ2) is 6.18. The van der Waals surface area contributed by atoms with Crippen LogP contribution in [0, 0.1) is 12.3 Å². The highest BCUT2D eigenvalue weighted by atomic mass is 79.9. The van der Waals surface area contributed by atoms with E-state index in [9.17, 15) is 14.7 Å². The standard InChI is InChI=1S/C16H20BrNO3/c1-10-6-7-11(12(17)9-10)14(19)18-13-5-3-4-8-16(13,2)15(20)21/h6-7,9,13H,3-5,8H2,1-2H3,(H,18,19)(H,20,21). The third kappa shape index (κ3) is 3.28. The fourth-order valence-electron chi connectivity index (χ4n) is 2.86. The summed E-state index contributed by atoms with van der Waals surface area (Å²) in [5.41, 5.74) is 0.718. The molecule has 114 valence electrons. The predicted octanol–water partition coefficient (Wildman–Crippen LogP) is 3.52. The molecule has 21 heavy (non-hydrogen) atoms. The van der Waals surface area contributed by atoms with Gasteiger partial charge in [0.25, 0.3) is 5.91 Å². The first kappa shape index (κ1) is 16.0. The summed E-state index contributed by atoms with van der Waals surface area (Å²) in [5.74, 6) is -1.06. The molecule has 2 unspecified atom stereocenters. The van der Waals surface area contributed by atoms with E-state index in [-0.39, 0.29) is 11.9 Å². The molecule has 5 heteroatoms. The van der Waals surface area contributed by atoms with E-state index in [1.54, 1.807) is 13.0 Å². The number of hydrogen-bond donors (Lipinski definition) is 2. The summed E-state index contributed by atoms with van der Waals surface area (Å²) < 4.78 is 0.729. The molecule has 2 N–H and O–H groups in total. The third-order valence-corrected chi connectivity index (χ3v) is 5.03. The second-order valence-electron chi connectivity index (χ2n) is 5.98. The molecule has 0 bridgehead atoms. The van der Waals surface area contributed by atoms with Crippen LogP contribution in [-0.4, -0.2) is 23.0 Å². The molecule has 4 nitrogen and oxygen atoms in total. The maximum Gasteiger partial charge on any atom is 0.311 e. The topological polar surface area (TPSA) is 66.4 Å². The van der Waals surface area contributed by atoms with E-state index in [1.165, 1.54) is 0 Å². The van der Waals surface area contributed by atoms with Crippen LogP contribution in [0.3, 0.4) is 0 Å². The Bertz CT molecular complexity index is 573. The molecule has 1 aliphatic carbocycles. The number of amides is 1. The van der Waals surface area contributed by atoms with Crippen LogP contribution < -0.4 is 5.32 Å². The molecule has 2 rings (SSSR count). The Morgan fingerprint density at radius 2 is 2.10 bits per heavy atom. The van der Waals surface area contributed by atoms with Gasteiger partial charge in [0, 0.05) is 10.5 Å². The Kier molecular flexibility index (Phi) is 4.71. The highest BCUT2D eigenvalue weighted by Gasteiger charge is 2.43. The smallest absolute Gasteiger partial charge is 0.311 e. The Morgan fingerprint density at radius 3 is 2.71 bits per heavy atom. The molecule has 0 aliphatic heterocycles. The lowest BCUT2D eigenvalue weighted by atomic mass is 9.71. The average molecular weight is 354 g/mol. The first-order valence-electron chi connectivity index (χ1n) is 7.15. The molecule has 0 radical (unpaired) electrons. The number of carboxylic acid groups (broad SMARTS) is 1. The van der Waals surface area contributed by atoms with Gasteiger partial charge in [-0.25, -0.2) is 0 Å². The number of hydrogen-bond acceptors (Lipinski definition) is 2. The highest BCUT2D eigenvalue weighted by molar-refractivity contribution is 9.10. The van der Waals surface area contributed by atoms with Crippen LogP contribution in [0.25, 0.3) is 0 Å². The number of carbonyl (C=O) groups is 2. The molecule has 0 saturated heterocycles. The molecule has 1 aromatic carbocycles. The van der Waals surface area contributed by atoms with E-state index < -0.39 is 11.4 Å². The van der Waals surface area contributed by atoms with Gasteiger partial charge in [0.2, 0.25) is 0 Å². The van der Waals surface area contributed by atoms with Crippen molar-refractivity contribution < 1.29 is 14.7 Å². The quantitative estimate of drug-likeness (QED) is 0.873. The molecule has 0 aromatic heterocycles. The average Bonchev–Trinajstić information content (AvgIpc) is 2.41. The number of nitrogens with one attached hydrogen (secondary N) is 1. The van der Waals surface area contributed by atoms with Crippen molar-refractivity contribution in [2.45, 2.75) is 45.6 Å². The molecule has 1 amide bonds. The van der Waals surface area contributed by atoms with E-state index in [1.807, 2.05) is 19.1 Å². The molecular weight excluding hydrogens is 334 g/mol. The molecular formula is C16H20BrNO3. The van der Waals surface area contributed by atoms with Crippen molar-refractivity contribution in [1.29, 1.82) is 0 Å². The fraction of sp³-hybridized carbons (Fsp3) is 0.500. The Labute approximate surface area is 133 Å². The zero-order valence-corrected chi connectivity index (χ0v) is 13.9. The molecule has 0 heterocycles. The molecule has 1 aromatic rings. The van der Waals surface area contributed by atoms with Gasteiger partial charge >= 0.3 is 5.97 Å². The summed E-state index contributed by atoms with van der Waals surface area (Å²) in [6.07, 6.45) is 3.15. The maximum absolute atomic E-state index is 12.4. The largest absolute Gasteiger partial charge is 0.481 e. The SMILES string of the molecule is Cc1ccc(C(=O)NC2CCCCC2(C)C(=O)O)c(Br)c1. The van der Waals surface area contributed by atoms with Crippen molar-refractivity contribution in [3.05, 3.63) is 33.8 Å². The van der Waals surface area contributed by atoms with E-state index >= 15 is 0 Å². The van der Waals surface area contributed by atoms with Crippen LogP contribution in [0.4, 0.5) is 0 Å². The van der Waals surface area contributed by atoms with E-state index in [2.05, 4.69) is 21.2 Å². The number of carbonyl (C=O) groups excluding carboxylic acids is 1. The fourth-order valence-corrected chi connectivity index (χ4v) is 3.53. The lowest BCUT2D eigenvalue weighted by molar-refractivity contribution is -0.151. The van der Waals surface area contributed by atoms with Crippen molar-refractivity contribution >= 4 is 27.8 Å². The monoisotopic (exact) mass is 353 g/mol. The summed E-state index contributed by atoms with van der Waals surface area (Å²) in [6, 6.07) is 5.18. The van der Waals surface area contributed by atoms with Crippen molar-refractivity contribution in [3.8, 4) is 0 Å². The minimum atomic E-state index is -0.884. The van der Waals surface area contributed by atoms with Crippen LogP contribution in [0.1, 0.15) is 48.5 Å². The number of rotatable bonds is 3. The molecule has 2 atom stereocenters. The van der Waals surface area contributed by atoms with Crippen LogP contribution in [-0.2, 0) is 4.79 Å². The second-order valence-corrected chi connectivity index (χ2v) is 6.83. The molecule has 0 spiro atoms. The van der Waals surface area contributed by atoms with Crippen molar-refractivity contribution in [3.63, 3.8) is 0 Å². The van der Waals surface area contributed by atoms with Crippen molar-refractivity contribution in [2.75, 3.05) is 0 Å². The Hall–Kier alpha value is -1.36. The first-order valence-corrected chi connectivity index (χ1v) is 7.94. The number of aliphatic carboxylic acids is 1. The normalized spacial score (nSPS) is 25.4. The van der Waals surface area contributed by atoms with Gasteiger partial charge in [-0.05, 0) is 60.3 Å². The summed E-state index contributed by atoms with van der Waals surface area (Å²) in [7, 11) is 0. The van der Waals surface area contributed by atoms with Gasteiger partial charge in [-0.3, -0.25) is 9.59 Å². The zero-order chi connectivity index (χ0) is 15.6. The number of benzene rings is 1. The van der Waals surface area contributed by atoms with Gasteiger partial charge in [0.05, 0.1) is 11.0 Å². The van der Waals surface area contributed by atoms with Crippen LogP contribution in [0.15, 0.2) is 22.7 Å².